The van der Waals surface area contributed by atoms with Gasteiger partial charge in [-0.25, -0.2) is 4.99 Å². The van der Waals surface area contributed by atoms with Gasteiger partial charge in [-0.05, 0) is 56.7 Å². The molecular weight excluding hydrogens is 517 g/mol. The minimum absolute atomic E-state index is 0. The van der Waals surface area contributed by atoms with Crippen molar-refractivity contribution >= 4 is 35.6 Å². The number of para-hydroxylation sites is 1. The Morgan fingerprint density at radius 3 is 2.47 bits per heavy atom. The van der Waals surface area contributed by atoms with Crippen molar-refractivity contribution in [1.82, 2.24) is 15.1 Å². The van der Waals surface area contributed by atoms with Crippen LogP contribution in [0.5, 0.6) is 11.5 Å². The number of halogens is 1. The van der Waals surface area contributed by atoms with E-state index in [1.165, 1.54) is 0 Å². The summed E-state index contributed by atoms with van der Waals surface area (Å²) in [5, 5.41) is 10.9. The summed E-state index contributed by atoms with van der Waals surface area (Å²) in [6, 6.07) is 17.7. The van der Waals surface area contributed by atoms with E-state index in [9.17, 15) is 0 Å². The molecule has 0 saturated carbocycles. The fraction of sp³-hybridized carbons (Fsp3) is 0.333. The van der Waals surface area contributed by atoms with Crippen molar-refractivity contribution in [3.8, 4) is 11.5 Å². The fourth-order valence-corrected chi connectivity index (χ4v) is 2.87. The number of nitrogens with zero attached hydrogens (tertiary/aromatic N) is 3. The molecule has 0 radical (unpaired) electrons. The minimum Gasteiger partial charge on any atom is -0.494 e. The zero-order valence-corrected chi connectivity index (χ0v) is 21.2. The van der Waals surface area contributed by atoms with Gasteiger partial charge in [-0.1, -0.05) is 18.2 Å². The van der Waals surface area contributed by atoms with Crippen molar-refractivity contribution in [3.63, 3.8) is 0 Å². The first kappa shape index (κ1) is 25.5. The number of rotatable bonds is 10. The second-order valence-electron chi connectivity index (χ2n) is 7.44. The van der Waals surface area contributed by atoms with Crippen LogP contribution in [0.2, 0.25) is 0 Å². The van der Waals surface area contributed by atoms with Crippen LogP contribution < -0.4 is 20.1 Å². The largest absolute Gasteiger partial charge is 0.494 e. The number of hydrogen-bond donors (Lipinski definition) is 2. The number of aromatic nitrogens is 2. The average molecular weight is 549 g/mol. The molecule has 32 heavy (non-hydrogen) atoms. The first-order valence-corrected chi connectivity index (χ1v) is 10.6. The lowest BCUT2D eigenvalue weighted by Crippen LogP contribution is -2.32. The Kier molecular flexibility index (Phi) is 10.9. The van der Waals surface area contributed by atoms with Crippen LogP contribution in [-0.2, 0) is 13.6 Å². The lowest BCUT2D eigenvalue weighted by Gasteiger charge is -2.14. The maximum atomic E-state index is 5.76. The molecule has 0 bridgehead atoms. The van der Waals surface area contributed by atoms with Crippen LogP contribution in [0, 0.1) is 0 Å². The maximum absolute atomic E-state index is 5.76. The molecule has 2 N–H and O–H groups in total. The first-order valence-electron chi connectivity index (χ1n) is 10.6. The molecule has 0 aliphatic rings. The summed E-state index contributed by atoms with van der Waals surface area (Å²) in [5.41, 5.74) is 1.99. The predicted octanol–water partition coefficient (Wildman–Crippen LogP) is 4.85. The van der Waals surface area contributed by atoms with Crippen LogP contribution in [0.15, 0.2) is 72.0 Å². The number of ether oxygens (including phenoxy) is 2. The molecule has 0 amide bonds. The monoisotopic (exact) mass is 549 g/mol. The van der Waals surface area contributed by atoms with Gasteiger partial charge in [-0.3, -0.25) is 4.68 Å². The molecule has 3 rings (SSSR count). The molecule has 3 aromatic rings. The standard InChI is InChI=1S/C24H31N5O2.HI/c1-19(2)31-23-12-10-21(11-13-23)28-24(26-16-20-17-27-29(3)18-20)25-14-7-15-30-22-8-5-4-6-9-22;/h4-6,8-13,17-19H,7,14-16H2,1-3H3,(H2,25,26,28);1H. The normalized spacial score (nSPS) is 11.1. The van der Waals surface area contributed by atoms with Crippen LogP contribution in [0.25, 0.3) is 0 Å². The molecule has 0 aliphatic heterocycles. The Morgan fingerprint density at radius 2 is 1.81 bits per heavy atom. The molecule has 1 heterocycles. The summed E-state index contributed by atoms with van der Waals surface area (Å²) in [6.45, 7) is 5.94. The van der Waals surface area contributed by atoms with Crippen LogP contribution in [0.3, 0.4) is 0 Å². The Morgan fingerprint density at radius 1 is 1.06 bits per heavy atom. The number of guanidine groups is 1. The molecule has 172 valence electrons. The first-order chi connectivity index (χ1) is 15.1. The van der Waals surface area contributed by atoms with Gasteiger partial charge in [0, 0.05) is 31.0 Å². The zero-order valence-electron chi connectivity index (χ0n) is 18.8. The summed E-state index contributed by atoms with van der Waals surface area (Å²) in [7, 11) is 1.90. The summed E-state index contributed by atoms with van der Waals surface area (Å²) in [4.78, 5) is 4.70. The quantitative estimate of drug-likeness (QED) is 0.164. The van der Waals surface area contributed by atoms with Gasteiger partial charge >= 0.3 is 0 Å². The van der Waals surface area contributed by atoms with Gasteiger partial charge < -0.3 is 20.1 Å². The fourth-order valence-electron chi connectivity index (χ4n) is 2.87. The van der Waals surface area contributed by atoms with Crippen molar-refractivity contribution in [1.29, 1.82) is 0 Å². The second kappa shape index (κ2) is 13.6. The lowest BCUT2D eigenvalue weighted by molar-refractivity contribution is 0.242. The lowest BCUT2D eigenvalue weighted by atomic mass is 10.3. The van der Waals surface area contributed by atoms with E-state index in [-0.39, 0.29) is 30.1 Å². The molecule has 8 heteroatoms. The van der Waals surface area contributed by atoms with Crippen LogP contribution in [0.1, 0.15) is 25.8 Å². The van der Waals surface area contributed by atoms with Gasteiger partial charge in [-0.2, -0.15) is 5.10 Å². The van der Waals surface area contributed by atoms with Crippen LogP contribution in [-0.4, -0.2) is 35.0 Å². The molecule has 7 nitrogen and oxygen atoms in total. The van der Waals surface area contributed by atoms with Gasteiger partial charge in [0.25, 0.3) is 0 Å². The highest BCUT2D eigenvalue weighted by molar-refractivity contribution is 14.0. The summed E-state index contributed by atoms with van der Waals surface area (Å²) < 4.78 is 13.2. The summed E-state index contributed by atoms with van der Waals surface area (Å²) in [5.74, 6) is 2.44. The number of benzene rings is 2. The highest BCUT2D eigenvalue weighted by atomic mass is 127. The Bertz CT molecular complexity index is 943. The molecular formula is C24H32IN5O2. The van der Waals surface area contributed by atoms with Crippen molar-refractivity contribution in [2.45, 2.75) is 32.9 Å². The highest BCUT2D eigenvalue weighted by Crippen LogP contribution is 2.17. The number of hydrogen-bond acceptors (Lipinski definition) is 4. The van der Waals surface area contributed by atoms with Crippen molar-refractivity contribution in [2.24, 2.45) is 12.0 Å². The number of anilines is 1. The molecule has 0 spiro atoms. The van der Waals surface area contributed by atoms with Gasteiger partial charge in [0.1, 0.15) is 11.5 Å². The number of aryl methyl sites for hydroxylation is 1. The van der Waals surface area contributed by atoms with E-state index >= 15 is 0 Å². The third kappa shape index (κ3) is 9.17. The van der Waals surface area contributed by atoms with Crippen molar-refractivity contribution in [2.75, 3.05) is 18.5 Å². The SMILES string of the molecule is CC(C)Oc1ccc(NC(=NCc2cnn(C)c2)NCCCOc2ccccc2)cc1.I. The number of nitrogens with one attached hydrogen (secondary N) is 2. The summed E-state index contributed by atoms with van der Waals surface area (Å²) >= 11 is 0. The molecule has 0 fully saturated rings. The molecule has 0 aliphatic carbocycles. The Hall–Kier alpha value is -2.75. The van der Waals surface area contributed by atoms with E-state index in [1.54, 1.807) is 4.68 Å². The molecule has 1 aromatic heterocycles. The highest BCUT2D eigenvalue weighted by Gasteiger charge is 2.03. The van der Waals surface area contributed by atoms with E-state index in [4.69, 9.17) is 14.5 Å². The summed E-state index contributed by atoms with van der Waals surface area (Å²) in [6.07, 6.45) is 4.79. The van der Waals surface area contributed by atoms with Crippen molar-refractivity contribution < 1.29 is 9.47 Å². The third-order valence-corrected chi connectivity index (χ3v) is 4.29. The van der Waals surface area contributed by atoms with Crippen LogP contribution >= 0.6 is 24.0 Å². The zero-order chi connectivity index (χ0) is 21.9. The average Bonchev–Trinajstić information content (AvgIpc) is 3.18. The second-order valence-corrected chi connectivity index (χ2v) is 7.44. The van der Waals surface area contributed by atoms with Gasteiger partial charge in [0.15, 0.2) is 5.96 Å². The Labute approximate surface area is 207 Å². The number of aliphatic imine (C=N–C) groups is 1. The third-order valence-electron chi connectivity index (χ3n) is 4.29. The minimum atomic E-state index is 0. The van der Waals surface area contributed by atoms with E-state index < -0.39 is 0 Å². The van der Waals surface area contributed by atoms with E-state index in [0.717, 1.165) is 35.7 Å². The smallest absolute Gasteiger partial charge is 0.196 e. The molecule has 0 saturated heterocycles. The van der Waals surface area contributed by atoms with Gasteiger partial charge in [0.05, 0.1) is 25.5 Å². The predicted molar refractivity (Wildman–Crippen MR) is 140 cm³/mol. The van der Waals surface area contributed by atoms with Gasteiger partial charge in [0.2, 0.25) is 0 Å². The van der Waals surface area contributed by atoms with Crippen LogP contribution in [0.4, 0.5) is 5.69 Å². The van der Waals surface area contributed by atoms with Crippen molar-refractivity contribution in [3.05, 3.63) is 72.6 Å². The Balaban J connectivity index is 0.00000363. The molecule has 0 atom stereocenters. The van der Waals surface area contributed by atoms with E-state index in [2.05, 4.69) is 15.7 Å². The van der Waals surface area contributed by atoms with Gasteiger partial charge in [-0.15, -0.1) is 24.0 Å². The maximum Gasteiger partial charge on any atom is 0.196 e. The molecule has 0 unspecified atom stereocenters. The van der Waals surface area contributed by atoms with E-state index in [0.29, 0.717) is 19.1 Å². The van der Waals surface area contributed by atoms with E-state index in [1.807, 2.05) is 87.9 Å². The molecule has 2 aromatic carbocycles. The topological polar surface area (TPSA) is 72.7 Å².